The first-order chi connectivity index (χ1) is 12.1. The van der Waals surface area contributed by atoms with Crippen LogP contribution in [0.4, 0.5) is 5.69 Å². The number of halogens is 2. The van der Waals surface area contributed by atoms with Crippen LogP contribution in [0.25, 0.3) is 0 Å². The topological polar surface area (TPSA) is 38.3 Å². The van der Waals surface area contributed by atoms with Gasteiger partial charge in [0.15, 0.2) is 0 Å². The maximum Gasteiger partial charge on any atom is 0.337 e. The number of hydrogen-bond donors (Lipinski definition) is 1. The Bertz CT molecular complexity index is 878. The minimum absolute atomic E-state index is 0.145. The van der Waals surface area contributed by atoms with E-state index < -0.39 is 0 Å². The molecule has 2 aromatic rings. The summed E-state index contributed by atoms with van der Waals surface area (Å²) < 4.78 is 4.85. The SMILES string of the molecule is COC(=O)c1ccc2c(c1)[C@@H]1C=CC[C@@H]1[C@@H](c1ccc(Cl)c(Cl)c1)N2. The van der Waals surface area contributed by atoms with Crippen molar-refractivity contribution in [3.8, 4) is 0 Å². The summed E-state index contributed by atoms with van der Waals surface area (Å²) in [5.74, 6) is 0.325. The van der Waals surface area contributed by atoms with Crippen LogP contribution in [-0.4, -0.2) is 13.1 Å². The molecule has 1 aliphatic heterocycles. The van der Waals surface area contributed by atoms with Crippen molar-refractivity contribution in [3.63, 3.8) is 0 Å². The maximum atomic E-state index is 11.9. The molecule has 0 fully saturated rings. The van der Waals surface area contributed by atoms with Crippen molar-refractivity contribution in [2.24, 2.45) is 5.92 Å². The number of allylic oxidation sites excluding steroid dienone is 2. The fraction of sp³-hybridized carbons (Fsp3) is 0.250. The van der Waals surface area contributed by atoms with Gasteiger partial charge in [0.25, 0.3) is 0 Å². The van der Waals surface area contributed by atoms with E-state index >= 15 is 0 Å². The Morgan fingerprint density at radius 2 is 2.00 bits per heavy atom. The van der Waals surface area contributed by atoms with Crippen molar-refractivity contribution < 1.29 is 9.53 Å². The maximum absolute atomic E-state index is 11.9. The fourth-order valence-corrected chi connectivity index (χ4v) is 4.18. The standard InChI is InChI=1S/C20H17Cl2NO2/c1-25-20(24)12-6-8-18-15(9-12)13-3-2-4-14(13)19(23-18)11-5-7-16(21)17(22)10-11/h2-3,5-10,13-14,19,23H,4H2,1H3/t13-,14+,19-/m1/s1. The zero-order chi connectivity index (χ0) is 17.6. The molecule has 2 aliphatic rings. The first-order valence-corrected chi connectivity index (χ1v) is 8.94. The molecule has 0 bridgehead atoms. The number of ether oxygens (including phenoxy) is 1. The second-order valence-corrected chi connectivity index (χ2v) is 7.26. The van der Waals surface area contributed by atoms with E-state index in [0.717, 1.165) is 23.2 Å². The van der Waals surface area contributed by atoms with Gasteiger partial charge in [-0.05, 0) is 53.8 Å². The van der Waals surface area contributed by atoms with Crippen LogP contribution in [0, 0.1) is 5.92 Å². The molecule has 0 saturated carbocycles. The largest absolute Gasteiger partial charge is 0.465 e. The predicted molar refractivity (Wildman–Crippen MR) is 101 cm³/mol. The first-order valence-electron chi connectivity index (χ1n) is 8.19. The quantitative estimate of drug-likeness (QED) is 0.549. The molecule has 1 N–H and O–H groups in total. The van der Waals surface area contributed by atoms with Gasteiger partial charge in [0, 0.05) is 11.6 Å². The number of rotatable bonds is 2. The Kier molecular flexibility index (Phi) is 4.22. The fourth-order valence-electron chi connectivity index (χ4n) is 3.88. The number of nitrogens with one attached hydrogen (secondary N) is 1. The molecule has 0 unspecified atom stereocenters. The number of fused-ring (bicyclic) bond motifs is 3. The molecule has 128 valence electrons. The summed E-state index contributed by atoms with van der Waals surface area (Å²) in [6.45, 7) is 0. The average Bonchev–Trinajstić information content (AvgIpc) is 3.12. The molecule has 3 nitrogen and oxygen atoms in total. The lowest BCUT2D eigenvalue weighted by Crippen LogP contribution is -2.29. The lowest BCUT2D eigenvalue weighted by Gasteiger charge is -2.37. The molecule has 25 heavy (non-hydrogen) atoms. The Morgan fingerprint density at radius 3 is 2.76 bits per heavy atom. The van der Waals surface area contributed by atoms with Crippen molar-refractivity contribution in [2.75, 3.05) is 12.4 Å². The number of carbonyl (C=O) groups is 1. The number of esters is 1. The van der Waals surface area contributed by atoms with Crippen LogP contribution in [0.2, 0.25) is 10.0 Å². The van der Waals surface area contributed by atoms with Gasteiger partial charge < -0.3 is 10.1 Å². The zero-order valence-corrected chi connectivity index (χ0v) is 15.1. The van der Waals surface area contributed by atoms with E-state index in [-0.39, 0.29) is 17.9 Å². The molecule has 0 spiro atoms. The van der Waals surface area contributed by atoms with Gasteiger partial charge in [0.2, 0.25) is 0 Å². The summed E-state index contributed by atoms with van der Waals surface area (Å²) in [4.78, 5) is 11.9. The number of carbonyl (C=O) groups excluding carboxylic acids is 1. The van der Waals surface area contributed by atoms with Crippen LogP contribution in [0.15, 0.2) is 48.6 Å². The van der Waals surface area contributed by atoms with E-state index in [1.165, 1.54) is 7.11 Å². The molecule has 0 aromatic heterocycles. The van der Waals surface area contributed by atoms with Gasteiger partial charge in [-0.1, -0.05) is 41.4 Å². The number of benzene rings is 2. The van der Waals surface area contributed by atoms with Gasteiger partial charge in [-0.25, -0.2) is 4.79 Å². The average molecular weight is 374 g/mol. The summed E-state index contributed by atoms with van der Waals surface area (Å²) >= 11 is 12.3. The summed E-state index contributed by atoms with van der Waals surface area (Å²) in [5.41, 5.74) is 3.88. The highest BCUT2D eigenvalue weighted by atomic mass is 35.5. The monoisotopic (exact) mass is 373 g/mol. The molecule has 1 heterocycles. The summed E-state index contributed by atoms with van der Waals surface area (Å²) in [5, 5.41) is 4.75. The Hall–Kier alpha value is -1.97. The third-order valence-corrected chi connectivity index (χ3v) is 5.83. The van der Waals surface area contributed by atoms with E-state index in [1.807, 2.05) is 30.3 Å². The van der Waals surface area contributed by atoms with Crippen LogP contribution in [0.3, 0.4) is 0 Å². The predicted octanol–water partition coefficient (Wildman–Crippen LogP) is 5.61. The van der Waals surface area contributed by atoms with Gasteiger partial charge in [-0.3, -0.25) is 0 Å². The second-order valence-electron chi connectivity index (χ2n) is 6.44. The van der Waals surface area contributed by atoms with Gasteiger partial charge in [-0.2, -0.15) is 0 Å². The van der Waals surface area contributed by atoms with Crippen LogP contribution < -0.4 is 5.32 Å². The Morgan fingerprint density at radius 1 is 1.16 bits per heavy atom. The van der Waals surface area contributed by atoms with Crippen molar-refractivity contribution in [3.05, 3.63) is 75.3 Å². The molecule has 5 heteroatoms. The molecule has 1 aliphatic carbocycles. The summed E-state index contributed by atoms with van der Waals surface area (Å²) in [6.07, 6.45) is 5.42. The normalized spacial score (nSPS) is 23.6. The molecular formula is C20H17Cl2NO2. The number of anilines is 1. The zero-order valence-electron chi connectivity index (χ0n) is 13.6. The van der Waals surface area contributed by atoms with Crippen LogP contribution >= 0.6 is 23.2 Å². The summed E-state index contributed by atoms with van der Waals surface area (Å²) in [7, 11) is 1.40. The minimum atomic E-state index is -0.312. The van der Waals surface area contributed by atoms with Crippen LogP contribution in [-0.2, 0) is 4.74 Å². The highest BCUT2D eigenvalue weighted by Crippen LogP contribution is 2.50. The lowest BCUT2D eigenvalue weighted by molar-refractivity contribution is 0.0600. The van der Waals surface area contributed by atoms with Crippen molar-refractivity contribution in [1.29, 1.82) is 0 Å². The molecule has 0 radical (unpaired) electrons. The molecular weight excluding hydrogens is 357 g/mol. The lowest BCUT2D eigenvalue weighted by atomic mass is 9.76. The first kappa shape index (κ1) is 16.5. The van der Waals surface area contributed by atoms with Crippen LogP contribution in [0.5, 0.6) is 0 Å². The van der Waals surface area contributed by atoms with Gasteiger partial charge in [-0.15, -0.1) is 0 Å². The molecule has 0 saturated heterocycles. The minimum Gasteiger partial charge on any atom is -0.465 e. The van der Waals surface area contributed by atoms with Crippen molar-refractivity contribution in [1.82, 2.24) is 0 Å². The van der Waals surface area contributed by atoms with Crippen molar-refractivity contribution >= 4 is 34.9 Å². The van der Waals surface area contributed by atoms with E-state index in [9.17, 15) is 4.79 Å². The highest BCUT2D eigenvalue weighted by molar-refractivity contribution is 6.42. The molecule has 4 rings (SSSR count). The Balaban J connectivity index is 1.75. The molecule has 2 aromatic carbocycles. The smallest absolute Gasteiger partial charge is 0.337 e. The van der Waals surface area contributed by atoms with Gasteiger partial charge in [0.05, 0.1) is 28.8 Å². The van der Waals surface area contributed by atoms with E-state index in [1.54, 1.807) is 6.07 Å². The highest BCUT2D eigenvalue weighted by Gasteiger charge is 2.38. The van der Waals surface area contributed by atoms with E-state index in [4.69, 9.17) is 27.9 Å². The number of hydrogen-bond acceptors (Lipinski definition) is 3. The van der Waals surface area contributed by atoms with E-state index in [2.05, 4.69) is 17.5 Å². The Labute approximate surface area is 156 Å². The van der Waals surface area contributed by atoms with Crippen LogP contribution in [0.1, 0.15) is 39.9 Å². The number of methoxy groups -OCH3 is 1. The molecule has 3 atom stereocenters. The third kappa shape index (κ3) is 2.82. The van der Waals surface area contributed by atoms with E-state index in [0.29, 0.717) is 21.5 Å². The van der Waals surface area contributed by atoms with Gasteiger partial charge >= 0.3 is 5.97 Å². The second kappa shape index (κ2) is 6.40. The van der Waals surface area contributed by atoms with Crippen molar-refractivity contribution in [2.45, 2.75) is 18.4 Å². The summed E-state index contributed by atoms with van der Waals surface area (Å²) in [6, 6.07) is 11.6. The molecule has 0 amide bonds. The third-order valence-electron chi connectivity index (χ3n) is 5.09. The van der Waals surface area contributed by atoms with Gasteiger partial charge in [0.1, 0.15) is 0 Å².